The number of H-pyrrole nitrogens is 1. The molecule has 2 heterocycles. The summed E-state index contributed by atoms with van der Waals surface area (Å²) in [7, 11) is 0. The number of amides is 1. The molecule has 0 fully saturated rings. The minimum atomic E-state index is -0.517. The molecule has 0 unspecified atom stereocenters. The molecule has 2 aromatic carbocycles. The van der Waals surface area contributed by atoms with Crippen molar-refractivity contribution in [1.29, 1.82) is 0 Å². The fraction of sp³-hybridized carbons (Fsp3) is 0.208. The lowest BCUT2D eigenvalue weighted by Gasteiger charge is -2.19. The molecule has 0 saturated heterocycles. The fourth-order valence-corrected chi connectivity index (χ4v) is 3.65. The Labute approximate surface area is 174 Å². The van der Waals surface area contributed by atoms with E-state index in [0.29, 0.717) is 16.8 Å². The van der Waals surface area contributed by atoms with Crippen LogP contribution in [0, 0.1) is 6.92 Å². The van der Waals surface area contributed by atoms with Crippen LogP contribution in [0.3, 0.4) is 0 Å². The van der Waals surface area contributed by atoms with Crippen LogP contribution in [0.2, 0.25) is 0 Å². The minimum absolute atomic E-state index is 0.00566. The Morgan fingerprint density at radius 3 is 2.57 bits per heavy atom. The monoisotopic (exact) mass is 400 g/mol. The molecule has 6 heteroatoms. The first kappa shape index (κ1) is 19.6. The number of benzene rings is 2. The number of hydrogen-bond acceptors (Lipinski definition) is 3. The van der Waals surface area contributed by atoms with E-state index in [9.17, 15) is 9.59 Å². The molecule has 30 heavy (non-hydrogen) atoms. The van der Waals surface area contributed by atoms with Gasteiger partial charge in [-0.15, -0.1) is 0 Å². The van der Waals surface area contributed by atoms with Crippen LogP contribution in [0.1, 0.15) is 42.4 Å². The van der Waals surface area contributed by atoms with Gasteiger partial charge in [-0.1, -0.05) is 39.0 Å². The quantitative estimate of drug-likeness (QED) is 0.542. The van der Waals surface area contributed by atoms with Crippen molar-refractivity contribution in [3.63, 3.8) is 0 Å². The first-order chi connectivity index (χ1) is 14.2. The van der Waals surface area contributed by atoms with E-state index in [4.69, 9.17) is 5.73 Å². The predicted molar refractivity (Wildman–Crippen MR) is 119 cm³/mol. The molecule has 0 aliphatic carbocycles. The number of nitrogens with zero attached hydrogens (tertiary/aromatic N) is 2. The van der Waals surface area contributed by atoms with E-state index in [2.05, 4.69) is 30.9 Å². The van der Waals surface area contributed by atoms with Gasteiger partial charge in [0, 0.05) is 17.1 Å². The molecule has 6 nitrogen and oxygen atoms in total. The molecule has 4 rings (SSSR count). The van der Waals surface area contributed by atoms with Gasteiger partial charge in [-0.05, 0) is 53.3 Å². The molecule has 0 bridgehead atoms. The number of hydrogen-bond donors (Lipinski definition) is 2. The molecule has 0 aliphatic rings. The molecule has 0 radical (unpaired) electrons. The van der Waals surface area contributed by atoms with Crippen LogP contribution in [0.4, 0.5) is 0 Å². The second-order valence-corrected chi connectivity index (χ2v) is 8.53. The zero-order valence-electron chi connectivity index (χ0n) is 17.5. The highest BCUT2D eigenvalue weighted by atomic mass is 16.1. The number of nitrogens with two attached hydrogens (primary N) is 1. The van der Waals surface area contributed by atoms with Gasteiger partial charge in [-0.2, -0.15) is 9.78 Å². The van der Waals surface area contributed by atoms with Crippen molar-refractivity contribution < 1.29 is 4.79 Å². The van der Waals surface area contributed by atoms with Gasteiger partial charge in [0.1, 0.15) is 5.69 Å². The van der Waals surface area contributed by atoms with E-state index in [-0.39, 0.29) is 11.0 Å². The van der Waals surface area contributed by atoms with Gasteiger partial charge in [-0.25, -0.2) is 0 Å². The number of fused-ring (bicyclic) bond motifs is 1. The van der Waals surface area contributed by atoms with Crippen molar-refractivity contribution in [2.45, 2.75) is 33.1 Å². The number of carbonyl (C=O) groups is 1. The molecular weight excluding hydrogens is 376 g/mol. The van der Waals surface area contributed by atoms with Gasteiger partial charge in [-0.3, -0.25) is 9.59 Å². The lowest BCUT2D eigenvalue weighted by molar-refractivity contribution is 0.0996. The zero-order chi connectivity index (χ0) is 21.6. The van der Waals surface area contributed by atoms with Crippen LogP contribution >= 0.6 is 0 Å². The van der Waals surface area contributed by atoms with Gasteiger partial charge in [0.2, 0.25) is 0 Å². The summed E-state index contributed by atoms with van der Waals surface area (Å²) in [5.74, 6) is -0.517. The summed E-state index contributed by atoms with van der Waals surface area (Å²) >= 11 is 0. The normalized spacial score (nSPS) is 11.7. The Kier molecular flexibility index (Phi) is 4.57. The van der Waals surface area contributed by atoms with Crippen molar-refractivity contribution in [1.82, 2.24) is 14.8 Å². The van der Waals surface area contributed by atoms with Gasteiger partial charge < -0.3 is 10.7 Å². The van der Waals surface area contributed by atoms with E-state index in [0.717, 1.165) is 27.6 Å². The Hall–Kier alpha value is -3.67. The smallest absolute Gasteiger partial charge is 0.279 e. The van der Waals surface area contributed by atoms with Gasteiger partial charge in [0.25, 0.3) is 11.5 Å². The minimum Gasteiger partial charge on any atom is -0.364 e. The van der Waals surface area contributed by atoms with Gasteiger partial charge in [0.15, 0.2) is 0 Å². The number of aromatic nitrogens is 3. The lowest BCUT2D eigenvalue weighted by Crippen LogP contribution is -2.22. The number of aromatic amines is 1. The highest BCUT2D eigenvalue weighted by Crippen LogP contribution is 2.28. The average Bonchev–Trinajstić information content (AvgIpc) is 3.18. The van der Waals surface area contributed by atoms with E-state index in [1.165, 1.54) is 4.68 Å². The maximum absolute atomic E-state index is 13.2. The number of rotatable bonds is 3. The molecule has 2 aromatic heterocycles. The topological polar surface area (TPSA) is 93.8 Å². The fourth-order valence-electron chi connectivity index (χ4n) is 3.65. The first-order valence-corrected chi connectivity index (χ1v) is 9.78. The molecule has 3 N–H and O–H groups in total. The zero-order valence-corrected chi connectivity index (χ0v) is 17.5. The van der Waals surface area contributed by atoms with Crippen molar-refractivity contribution in [2.75, 3.05) is 0 Å². The van der Waals surface area contributed by atoms with Crippen molar-refractivity contribution >= 4 is 16.7 Å². The number of nitrogens with one attached hydrogen (secondary N) is 1. The van der Waals surface area contributed by atoms with E-state index in [1.807, 2.05) is 43.3 Å². The summed E-state index contributed by atoms with van der Waals surface area (Å²) in [6.45, 7) is 8.36. The molecule has 0 spiro atoms. The maximum atomic E-state index is 13.2. The maximum Gasteiger partial charge on any atom is 0.279 e. The SMILES string of the molecule is Cc1c(-c2c[nH]c(C(N)=O)c2)cccc1-n1ncc2cc(C(C)(C)C)ccc2c1=O. The Bertz CT molecular complexity index is 1340. The predicted octanol–water partition coefficient (Wildman–Crippen LogP) is 4.09. The van der Waals surface area contributed by atoms with Crippen LogP contribution in [0.25, 0.3) is 27.6 Å². The first-order valence-electron chi connectivity index (χ1n) is 9.78. The molecule has 1 amide bonds. The molecular formula is C24H24N4O2. The summed E-state index contributed by atoms with van der Waals surface area (Å²) in [5, 5.41) is 5.90. The van der Waals surface area contributed by atoms with Gasteiger partial charge in [0.05, 0.1) is 17.3 Å². The lowest BCUT2D eigenvalue weighted by atomic mass is 9.86. The number of carbonyl (C=O) groups excluding carboxylic acids is 1. The third-order valence-corrected chi connectivity index (χ3v) is 5.45. The van der Waals surface area contributed by atoms with Crippen LogP contribution in [0.15, 0.2) is 59.7 Å². The Balaban J connectivity index is 1.85. The standard InChI is InChI=1S/C24H24N4O2/c1-14-18(16-11-20(22(25)29)26-12-16)6-5-7-21(14)28-23(30)19-9-8-17(24(2,3)4)10-15(19)13-27-28/h5-13,26H,1-4H3,(H2,25,29). The third kappa shape index (κ3) is 3.30. The van der Waals surface area contributed by atoms with Crippen molar-refractivity contribution in [3.05, 3.63) is 82.0 Å². The largest absolute Gasteiger partial charge is 0.364 e. The molecule has 0 aliphatic heterocycles. The molecule has 0 saturated carbocycles. The number of primary amides is 1. The molecule has 4 aromatic rings. The van der Waals surface area contributed by atoms with Crippen LogP contribution < -0.4 is 11.3 Å². The summed E-state index contributed by atoms with van der Waals surface area (Å²) in [5.41, 5.74) is 9.97. The highest BCUT2D eigenvalue weighted by Gasteiger charge is 2.17. The van der Waals surface area contributed by atoms with E-state index in [1.54, 1.807) is 18.5 Å². The summed E-state index contributed by atoms with van der Waals surface area (Å²) in [6.07, 6.45) is 3.47. The molecule has 0 atom stereocenters. The highest BCUT2D eigenvalue weighted by molar-refractivity contribution is 5.92. The van der Waals surface area contributed by atoms with Crippen molar-refractivity contribution in [2.24, 2.45) is 5.73 Å². The second kappa shape index (κ2) is 6.99. The Morgan fingerprint density at radius 1 is 1.13 bits per heavy atom. The van der Waals surface area contributed by atoms with Crippen LogP contribution in [-0.4, -0.2) is 20.7 Å². The Morgan fingerprint density at radius 2 is 1.90 bits per heavy atom. The van der Waals surface area contributed by atoms with Crippen LogP contribution in [-0.2, 0) is 5.41 Å². The van der Waals surface area contributed by atoms with E-state index >= 15 is 0 Å². The molecule has 152 valence electrons. The van der Waals surface area contributed by atoms with Crippen molar-refractivity contribution in [3.8, 4) is 16.8 Å². The van der Waals surface area contributed by atoms with Crippen LogP contribution in [0.5, 0.6) is 0 Å². The third-order valence-electron chi connectivity index (χ3n) is 5.45. The second-order valence-electron chi connectivity index (χ2n) is 8.53. The average molecular weight is 400 g/mol. The summed E-state index contributed by atoms with van der Waals surface area (Å²) in [4.78, 5) is 27.5. The summed E-state index contributed by atoms with van der Waals surface area (Å²) in [6, 6.07) is 13.3. The summed E-state index contributed by atoms with van der Waals surface area (Å²) < 4.78 is 1.43. The van der Waals surface area contributed by atoms with E-state index < -0.39 is 5.91 Å². The van der Waals surface area contributed by atoms with Gasteiger partial charge >= 0.3 is 0 Å².